The molecule has 1 aromatic heterocycles. The Hall–Kier alpha value is -3.19. The van der Waals surface area contributed by atoms with Crippen LogP contribution in [0.5, 0.6) is 0 Å². The van der Waals surface area contributed by atoms with E-state index in [1.54, 1.807) is 6.07 Å². The maximum atomic E-state index is 12.0. The summed E-state index contributed by atoms with van der Waals surface area (Å²) in [5, 5.41) is 13.4. The Balaban J connectivity index is 2.10. The van der Waals surface area contributed by atoms with Gasteiger partial charge in [0.2, 0.25) is 0 Å². The van der Waals surface area contributed by atoms with Crippen molar-refractivity contribution in [3.05, 3.63) is 65.9 Å². The Labute approximate surface area is 166 Å². The zero-order valence-electron chi connectivity index (χ0n) is 14.5. The number of hydrogen-bond donors (Lipinski definition) is 3. The van der Waals surface area contributed by atoms with Crippen molar-refractivity contribution < 1.29 is 25.9 Å². The van der Waals surface area contributed by atoms with E-state index in [1.807, 2.05) is 0 Å². The van der Waals surface area contributed by atoms with Gasteiger partial charge in [0, 0.05) is 6.07 Å². The van der Waals surface area contributed by atoms with Gasteiger partial charge in [0.25, 0.3) is 20.2 Å². The van der Waals surface area contributed by atoms with E-state index < -0.39 is 25.1 Å². The highest BCUT2D eigenvalue weighted by atomic mass is 32.2. The molecule has 0 aliphatic rings. The van der Waals surface area contributed by atoms with Crippen molar-refractivity contribution in [1.82, 2.24) is 15.4 Å². The second-order valence-electron chi connectivity index (χ2n) is 5.68. The lowest BCUT2D eigenvalue weighted by atomic mass is 10.1. The minimum absolute atomic E-state index is 0.0261. The second kappa shape index (κ2) is 8.05. The van der Waals surface area contributed by atoms with Gasteiger partial charge in [-0.2, -0.15) is 16.8 Å². The number of nitrogens with one attached hydrogen (secondary N) is 1. The van der Waals surface area contributed by atoms with Crippen LogP contribution in [-0.2, 0) is 20.2 Å². The molecule has 0 saturated carbocycles. The first-order chi connectivity index (χ1) is 13.7. The van der Waals surface area contributed by atoms with Gasteiger partial charge in [0.05, 0.1) is 11.9 Å². The molecule has 3 rings (SSSR count). The van der Waals surface area contributed by atoms with Crippen LogP contribution in [0.15, 0.2) is 64.5 Å². The van der Waals surface area contributed by atoms with Gasteiger partial charge in [-0.25, -0.2) is 0 Å². The third-order valence-corrected chi connectivity index (χ3v) is 5.61. The number of hydrogen-bond acceptors (Lipinski definition) is 8. The summed E-state index contributed by atoms with van der Waals surface area (Å²) in [4.78, 5) is -0.787. The smallest absolute Gasteiger partial charge is 0.297 e. The molecule has 0 spiro atoms. The van der Waals surface area contributed by atoms with E-state index in [4.69, 9.17) is 0 Å². The zero-order chi connectivity index (χ0) is 21.1. The molecule has 0 saturated heterocycles. The van der Waals surface area contributed by atoms with E-state index in [9.17, 15) is 25.9 Å². The SMILES string of the molecule is O=S(=O)(O)c1ccccc1C=Cc1cccc(Nc2ccnnn2)c1S(=O)(=O)O. The van der Waals surface area contributed by atoms with Gasteiger partial charge in [-0.15, -0.1) is 10.2 Å². The van der Waals surface area contributed by atoms with Gasteiger partial charge < -0.3 is 5.32 Å². The molecule has 3 N–H and O–H groups in total. The topological polar surface area (TPSA) is 159 Å². The summed E-state index contributed by atoms with van der Waals surface area (Å²) in [6.07, 6.45) is 3.96. The standard InChI is InChI=1S/C17H14N4O6S2/c22-28(23,24)15-7-2-1-4-12(15)8-9-13-5-3-6-14(17(13)29(25,26)27)19-16-10-11-18-21-20-16/h1-11H,(H,18,19,20)(H,22,23,24)(H,25,26,27). The Morgan fingerprint density at radius 2 is 1.52 bits per heavy atom. The number of anilines is 2. The monoisotopic (exact) mass is 434 g/mol. The third kappa shape index (κ3) is 5.00. The van der Waals surface area contributed by atoms with Gasteiger partial charge in [-0.3, -0.25) is 9.11 Å². The highest BCUT2D eigenvalue weighted by Crippen LogP contribution is 2.29. The highest BCUT2D eigenvalue weighted by Gasteiger charge is 2.20. The molecule has 0 radical (unpaired) electrons. The predicted octanol–water partition coefficient (Wildman–Crippen LogP) is 2.28. The van der Waals surface area contributed by atoms with Crippen LogP contribution in [0.1, 0.15) is 11.1 Å². The average molecular weight is 434 g/mol. The van der Waals surface area contributed by atoms with Gasteiger partial charge in [0.15, 0.2) is 5.82 Å². The summed E-state index contributed by atoms with van der Waals surface area (Å²) in [6, 6.07) is 11.4. The van der Waals surface area contributed by atoms with E-state index in [0.29, 0.717) is 0 Å². The van der Waals surface area contributed by atoms with Crippen molar-refractivity contribution in [3.63, 3.8) is 0 Å². The van der Waals surface area contributed by atoms with Crippen molar-refractivity contribution >= 4 is 43.9 Å². The van der Waals surface area contributed by atoms with Gasteiger partial charge in [-0.1, -0.05) is 42.5 Å². The molecule has 0 unspecified atom stereocenters. The number of rotatable bonds is 6. The molecule has 12 heteroatoms. The molecule has 0 aliphatic heterocycles. The van der Waals surface area contributed by atoms with E-state index in [1.165, 1.54) is 60.8 Å². The Morgan fingerprint density at radius 3 is 2.17 bits per heavy atom. The largest absolute Gasteiger partial charge is 0.337 e. The fourth-order valence-corrected chi connectivity index (χ4v) is 4.07. The summed E-state index contributed by atoms with van der Waals surface area (Å²) in [7, 11) is -9.15. The van der Waals surface area contributed by atoms with Gasteiger partial charge >= 0.3 is 0 Å². The van der Waals surface area contributed by atoms with Crippen LogP contribution < -0.4 is 5.32 Å². The van der Waals surface area contributed by atoms with Crippen molar-refractivity contribution in [2.75, 3.05) is 5.32 Å². The molecule has 10 nitrogen and oxygen atoms in total. The average Bonchev–Trinajstić information content (AvgIpc) is 2.66. The predicted molar refractivity (Wildman–Crippen MR) is 105 cm³/mol. The lowest BCUT2D eigenvalue weighted by molar-refractivity contribution is 0.481. The van der Waals surface area contributed by atoms with Crippen LogP contribution in [0.25, 0.3) is 12.2 Å². The van der Waals surface area contributed by atoms with Crippen molar-refractivity contribution in [2.45, 2.75) is 9.79 Å². The lowest BCUT2D eigenvalue weighted by Gasteiger charge is -2.11. The van der Waals surface area contributed by atoms with E-state index in [-0.39, 0.29) is 27.5 Å². The first-order valence-corrected chi connectivity index (χ1v) is 10.8. The maximum Gasteiger partial charge on any atom is 0.297 e. The van der Waals surface area contributed by atoms with E-state index in [2.05, 4.69) is 20.7 Å². The van der Waals surface area contributed by atoms with Crippen LogP contribution in [0.3, 0.4) is 0 Å². The molecule has 0 bridgehead atoms. The van der Waals surface area contributed by atoms with Crippen molar-refractivity contribution in [2.24, 2.45) is 0 Å². The zero-order valence-corrected chi connectivity index (χ0v) is 16.2. The van der Waals surface area contributed by atoms with Crippen LogP contribution in [0.4, 0.5) is 11.5 Å². The maximum absolute atomic E-state index is 12.0. The van der Waals surface area contributed by atoms with Crippen LogP contribution in [-0.4, -0.2) is 41.4 Å². The fourth-order valence-electron chi connectivity index (χ4n) is 2.55. The Kier molecular flexibility index (Phi) is 5.70. The Bertz CT molecular complexity index is 1280. The van der Waals surface area contributed by atoms with Gasteiger partial charge in [0.1, 0.15) is 9.79 Å². The lowest BCUT2D eigenvalue weighted by Crippen LogP contribution is -2.07. The molecule has 0 aliphatic carbocycles. The first-order valence-electron chi connectivity index (χ1n) is 7.93. The quantitative estimate of drug-likeness (QED) is 0.388. The summed E-state index contributed by atoms with van der Waals surface area (Å²) in [6.45, 7) is 0. The molecule has 2 aromatic carbocycles. The number of nitrogens with zero attached hydrogens (tertiary/aromatic N) is 3. The van der Waals surface area contributed by atoms with Crippen LogP contribution in [0, 0.1) is 0 Å². The second-order valence-corrected chi connectivity index (χ2v) is 8.42. The summed E-state index contributed by atoms with van der Waals surface area (Å²) in [5.74, 6) is 0.197. The molecule has 3 aromatic rings. The molecule has 29 heavy (non-hydrogen) atoms. The van der Waals surface area contributed by atoms with Gasteiger partial charge in [-0.05, 0) is 28.5 Å². The molecular weight excluding hydrogens is 420 g/mol. The fraction of sp³-hybridized carbons (Fsp3) is 0. The summed E-state index contributed by atoms with van der Waals surface area (Å²) in [5.41, 5.74) is 0.234. The molecule has 0 fully saturated rings. The summed E-state index contributed by atoms with van der Waals surface area (Å²) < 4.78 is 66.1. The van der Waals surface area contributed by atoms with Crippen molar-refractivity contribution in [3.8, 4) is 0 Å². The third-order valence-electron chi connectivity index (χ3n) is 3.71. The number of benzene rings is 2. The molecule has 150 valence electrons. The normalized spacial score (nSPS) is 12.2. The Morgan fingerprint density at radius 1 is 0.828 bits per heavy atom. The first kappa shape index (κ1) is 20.5. The van der Waals surface area contributed by atoms with E-state index >= 15 is 0 Å². The van der Waals surface area contributed by atoms with E-state index in [0.717, 1.165) is 0 Å². The molecule has 0 atom stereocenters. The van der Waals surface area contributed by atoms with Crippen LogP contribution >= 0.6 is 0 Å². The van der Waals surface area contributed by atoms with Crippen LogP contribution in [0.2, 0.25) is 0 Å². The highest BCUT2D eigenvalue weighted by molar-refractivity contribution is 7.86. The molecule has 0 amide bonds. The minimum atomic E-state index is -4.67. The number of aromatic nitrogens is 3. The van der Waals surface area contributed by atoms with Crippen molar-refractivity contribution in [1.29, 1.82) is 0 Å². The summed E-state index contributed by atoms with van der Waals surface area (Å²) >= 11 is 0. The minimum Gasteiger partial charge on any atom is -0.337 e. The molecule has 1 heterocycles. The molecular formula is C17H14N4O6S2.